The Bertz CT molecular complexity index is 2170. The summed E-state index contributed by atoms with van der Waals surface area (Å²) in [6.07, 6.45) is 1.41. The zero-order valence-electron chi connectivity index (χ0n) is 23.5. The van der Waals surface area contributed by atoms with E-state index in [0.717, 1.165) is 49.1 Å². The fourth-order valence-corrected chi connectivity index (χ4v) is 6.58. The lowest BCUT2D eigenvalue weighted by Gasteiger charge is -2.25. The summed E-state index contributed by atoms with van der Waals surface area (Å²) in [5.41, 5.74) is 7.24. The lowest BCUT2D eigenvalue weighted by atomic mass is 10.1. The molecule has 6 heteroatoms. The quantitative estimate of drug-likeness (QED) is 0.149. The molecule has 5 nitrogen and oxygen atoms in total. The van der Waals surface area contributed by atoms with Gasteiger partial charge in [0.05, 0.1) is 11.0 Å². The van der Waals surface area contributed by atoms with Crippen LogP contribution in [0.1, 0.15) is 4.88 Å². The summed E-state index contributed by atoms with van der Waals surface area (Å²) in [6, 6.07) is 49.9. The Balaban J connectivity index is 1.34. The van der Waals surface area contributed by atoms with Crippen molar-refractivity contribution in [2.75, 3.05) is 4.90 Å². The van der Waals surface area contributed by atoms with Gasteiger partial charge >= 0.3 is 5.97 Å². The molecule has 0 bridgehead atoms. The Morgan fingerprint density at radius 1 is 0.705 bits per heavy atom. The maximum absolute atomic E-state index is 11.3. The van der Waals surface area contributed by atoms with E-state index in [-0.39, 0.29) is 5.57 Å². The average molecular weight is 588 g/mol. The van der Waals surface area contributed by atoms with E-state index in [1.54, 1.807) is 6.07 Å². The topological polar surface area (TPSA) is 69.3 Å². The highest BCUT2D eigenvalue weighted by Crippen LogP contribution is 2.39. The van der Waals surface area contributed by atoms with Gasteiger partial charge in [0.2, 0.25) is 0 Å². The van der Waals surface area contributed by atoms with E-state index in [2.05, 4.69) is 125 Å². The van der Waals surface area contributed by atoms with Crippen LogP contribution >= 0.6 is 11.3 Å². The summed E-state index contributed by atoms with van der Waals surface area (Å²) in [6.45, 7) is 0. The SMILES string of the molecule is N#C/C(=C\c1ccc(-c2ccc(-n3c4ccccc4c4ccc(N(c5ccccc5)c5ccccc5)cc43)cc2)s1)C(=O)O. The number of rotatable bonds is 7. The number of thiophene rings is 1. The molecule has 0 aliphatic rings. The van der Waals surface area contributed by atoms with Crippen molar-refractivity contribution in [1.82, 2.24) is 4.57 Å². The molecule has 44 heavy (non-hydrogen) atoms. The molecule has 5 aromatic carbocycles. The number of aliphatic carboxylic acids is 1. The molecule has 0 unspecified atom stereocenters. The lowest BCUT2D eigenvalue weighted by molar-refractivity contribution is -0.132. The maximum Gasteiger partial charge on any atom is 0.346 e. The van der Waals surface area contributed by atoms with Gasteiger partial charge in [-0.05, 0) is 78.4 Å². The number of nitrogens with zero attached hydrogens (tertiary/aromatic N) is 3. The summed E-state index contributed by atoms with van der Waals surface area (Å²) in [5, 5.41) is 20.7. The van der Waals surface area contributed by atoms with E-state index < -0.39 is 5.97 Å². The van der Waals surface area contributed by atoms with Crippen LogP contribution in [0.3, 0.4) is 0 Å². The summed E-state index contributed by atoms with van der Waals surface area (Å²) in [7, 11) is 0. The monoisotopic (exact) mass is 587 g/mol. The lowest BCUT2D eigenvalue weighted by Crippen LogP contribution is -2.09. The number of anilines is 3. The summed E-state index contributed by atoms with van der Waals surface area (Å²) in [5.74, 6) is -1.23. The van der Waals surface area contributed by atoms with Gasteiger partial charge in [-0.1, -0.05) is 72.8 Å². The Labute approximate surface area is 258 Å². The van der Waals surface area contributed by atoms with Crippen LogP contribution in [0.2, 0.25) is 0 Å². The van der Waals surface area contributed by atoms with E-state index in [4.69, 9.17) is 5.26 Å². The second kappa shape index (κ2) is 11.4. The smallest absolute Gasteiger partial charge is 0.346 e. The Morgan fingerprint density at radius 3 is 2.00 bits per heavy atom. The van der Waals surface area contributed by atoms with Crippen molar-refractivity contribution in [3.05, 3.63) is 150 Å². The van der Waals surface area contributed by atoms with Gasteiger partial charge < -0.3 is 14.6 Å². The fraction of sp³-hybridized carbons (Fsp3) is 0. The Kier molecular flexibility index (Phi) is 6.99. The summed E-state index contributed by atoms with van der Waals surface area (Å²) in [4.78, 5) is 15.3. The third kappa shape index (κ3) is 4.92. The van der Waals surface area contributed by atoms with Crippen molar-refractivity contribution < 1.29 is 9.90 Å². The number of aromatic nitrogens is 1. The van der Waals surface area contributed by atoms with E-state index in [1.807, 2.05) is 24.3 Å². The van der Waals surface area contributed by atoms with Gasteiger partial charge in [-0.3, -0.25) is 0 Å². The molecule has 0 amide bonds. The van der Waals surface area contributed by atoms with Crippen LogP contribution in [0.5, 0.6) is 0 Å². The molecule has 1 N–H and O–H groups in total. The van der Waals surface area contributed by atoms with E-state index in [9.17, 15) is 9.90 Å². The number of benzene rings is 5. The molecule has 210 valence electrons. The zero-order valence-corrected chi connectivity index (χ0v) is 24.3. The highest BCUT2D eigenvalue weighted by Gasteiger charge is 2.17. The first-order chi connectivity index (χ1) is 21.6. The van der Waals surface area contributed by atoms with Crippen LogP contribution in [-0.4, -0.2) is 15.6 Å². The number of carbonyl (C=O) groups is 1. The molecule has 0 spiro atoms. The molecule has 2 heterocycles. The standard InChI is InChI=1S/C38H25N3O2S/c39-25-27(38(42)43)23-32-20-22-37(44-32)26-15-17-30(18-16-26)41-35-14-8-7-13-33(35)34-21-19-31(24-36(34)41)40(28-9-3-1-4-10-28)29-11-5-2-6-12-29/h1-24H,(H,42,43)/b27-23+. The van der Waals surface area contributed by atoms with Crippen molar-refractivity contribution in [3.63, 3.8) is 0 Å². The normalized spacial score (nSPS) is 11.5. The first kappa shape index (κ1) is 27.0. The van der Waals surface area contributed by atoms with Gasteiger partial charge in [-0.15, -0.1) is 11.3 Å². The molecule has 0 fully saturated rings. The van der Waals surface area contributed by atoms with E-state index >= 15 is 0 Å². The van der Waals surface area contributed by atoms with Crippen LogP contribution in [0.4, 0.5) is 17.1 Å². The molecule has 0 aliphatic carbocycles. The number of hydrogen-bond donors (Lipinski definition) is 1. The van der Waals surface area contributed by atoms with Crippen molar-refractivity contribution in [2.45, 2.75) is 0 Å². The molecular weight excluding hydrogens is 563 g/mol. The molecule has 0 atom stereocenters. The number of carboxylic acids is 1. The molecule has 7 rings (SSSR count). The molecule has 7 aromatic rings. The van der Waals surface area contributed by atoms with Crippen LogP contribution in [0.15, 0.2) is 145 Å². The van der Waals surface area contributed by atoms with E-state index in [0.29, 0.717) is 0 Å². The minimum atomic E-state index is -1.23. The minimum absolute atomic E-state index is 0.280. The number of para-hydroxylation sites is 3. The number of nitriles is 1. The highest BCUT2D eigenvalue weighted by atomic mass is 32.1. The second-order valence-corrected chi connectivity index (χ2v) is 11.4. The molecular formula is C38H25N3O2S. The van der Waals surface area contributed by atoms with Gasteiger partial charge in [0.25, 0.3) is 0 Å². The Hall–Kier alpha value is -5.90. The largest absolute Gasteiger partial charge is 0.477 e. The van der Waals surface area contributed by atoms with Gasteiger partial charge in [0, 0.05) is 43.3 Å². The summed E-state index contributed by atoms with van der Waals surface area (Å²) < 4.78 is 2.31. The first-order valence-electron chi connectivity index (χ1n) is 14.1. The predicted octanol–water partition coefficient (Wildman–Crippen LogP) is 9.97. The number of fused-ring (bicyclic) bond motifs is 3. The zero-order chi connectivity index (χ0) is 30.0. The van der Waals surface area contributed by atoms with Gasteiger partial charge in [0.15, 0.2) is 0 Å². The van der Waals surface area contributed by atoms with E-state index in [1.165, 1.54) is 28.2 Å². The fourth-order valence-electron chi connectivity index (χ4n) is 5.62. The molecule has 0 radical (unpaired) electrons. The summed E-state index contributed by atoms with van der Waals surface area (Å²) >= 11 is 1.45. The van der Waals surface area contributed by atoms with Crippen LogP contribution in [0.25, 0.3) is 44.0 Å². The molecule has 2 aromatic heterocycles. The van der Waals surface area contributed by atoms with Gasteiger partial charge in [0.1, 0.15) is 11.6 Å². The first-order valence-corrected chi connectivity index (χ1v) is 14.9. The van der Waals surface area contributed by atoms with Crippen LogP contribution in [-0.2, 0) is 4.79 Å². The second-order valence-electron chi connectivity index (χ2n) is 10.3. The third-order valence-electron chi connectivity index (χ3n) is 7.62. The number of carboxylic acid groups (broad SMARTS) is 1. The van der Waals surface area contributed by atoms with Crippen LogP contribution < -0.4 is 4.90 Å². The average Bonchev–Trinajstić information content (AvgIpc) is 3.67. The van der Waals surface area contributed by atoms with Crippen molar-refractivity contribution in [1.29, 1.82) is 5.26 Å². The molecule has 0 saturated heterocycles. The van der Waals surface area contributed by atoms with Gasteiger partial charge in [-0.2, -0.15) is 5.26 Å². The minimum Gasteiger partial charge on any atom is -0.477 e. The predicted molar refractivity (Wildman–Crippen MR) is 180 cm³/mol. The molecule has 0 aliphatic heterocycles. The molecule has 0 saturated carbocycles. The third-order valence-corrected chi connectivity index (χ3v) is 8.70. The van der Waals surface area contributed by atoms with Crippen LogP contribution in [0, 0.1) is 11.3 Å². The number of hydrogen-bond acceptors (Lipinski definition) is 4. The van der Waals surface area contributed by atoms with Gasteiger partial charge in [-0.25, -0.2) is 4.79 Å². The van der Waals surface area contributed by atoms with Crippen molar-refractivity contribution in [3.8, 4) is 22.2 Å². The van der Waals surface area contributed by atoms with Crippen molar-refractivity contribution >= 4 is 62.3 Å². The maximum atomic E-state index is 11.3. The Morgan fingerprint density at radius 2 is 1.34 bits per heavy atom. The highest BCUT2D eigenvalue weighted by molar-refractivity contribution is 7.16. The van der Waals surface area contributed by atoms with Crippen molar-refractivity contribution in [2.24, 2.45) is 0 Å².